The third-order valence-electron chi connectivity index (χ3n) is 3.49. The Morgan fingerprint density at radius 2 is 2.24 bits per heavy atom. The predicted molar refractivity (Wildman–Crippen MR) is 74.5 cm³/mol. The van der Waals surface area contributed by atoms with E-state index in [4.69, 9.17) is 0 Å². The van der Waals surface area contributed by atoms with Crippen molar-refractivity contribution < 1.29 is 5.11 Å². The van der Waals surface area contributed by atoms with Crippen molar-refractivity contribution in [2.24, 2.45) is 0 Å². The smallest absolute Gasteiger partial charge is 0.133 e. The highest BCUT2D eigenvalue weighted by Gasteiger charge is 2.16. The molecule has 1 saturated heterocycles. The minimum Gasteiger partial charge on any atom is -0.506 e. The molecule has 0 aliphatic carbocycles. The molecular formula is C14H20BrNO. The Labute approximate surface area is 112 Å². The number of aryl methyl sites for hydroxylation is 1. The molecule has 94 valence electrons. The third kappa shape index (κ3) is 3.23. The highest BCUT2D eigenvalue weighted by Crippen LogP contribution is 2.31. The first-order chi connectivity index (χ1) is 8.20. The number of benzene rings is 1. The van der Waals surface area contributed by atoms with Crippen LogP contribution in [0.1, 0.15) is 37.3 Å². The van der Waals surface area contributed by atoms with E-state index in [0.29, 0.717) is 11.8 Å². The van der Waals surface area contributed by atoms with Crippen LogP contribution in [0.5, 0.6) is 5.75 Å². The molecule has 2 rings (SSSR count). The Morgan fingerprint density at radius 1 is 1.41 bits per heavy atom. The Bertz CT molecular complexity index is 386. The number of phenolic OH excluding ortho intramolecular Hbond substituents is 1. The molecule has 17 heavy (non-hydrogen) atoms. The molecule has 1 aromatic rings. The van der Waals surface area contributed by atoms with Gasteiger partial charge >= 0.3 is 0 Å². The number of hydrogen-bond donors (Lipinski definition) is 2. The number of hydrogen-bond acceptors (Lipinski definition) is 2. The molecule has 3 heteroatoms. The summed E-state index contributed by atoms with van der Waals surface area (Å²) < 4.78 is 0.822. The average Bonchev–Trinajstić information content (AvgIpc) is 2.36. The van der Waals surface area contributed by atoms with Crippen LogP contribution in [0, 0.1) is 0 Å². The summed E-state index contributed by atoms with van der Waals surface area (Å²) in [5, 5.41) is 13.6. The van der Waals surface area contributed by atoms with E-state index in [1.54, 1.807) is 0 Å². The Hall–Kier alpha value is -0.540. The topological polar surface area (TPSA) is 32.3 Å². The van der Waals surface area contributed by atoms with Gasteiger partial charge in [0.05, 0.1) is 4.47 Å². The molecule has 1 fully saturated rings. The van der Waals surface area contributed by atoms with Gasteiger partial charge in [-0.1, -0.05) is 19.4 Å². The summed E-state index contributed by atoms with van der Waals surface area (Å²) in [5.74, 6) is 0.412. The lowest BCUT2D eigenvalue weighted by Gasteiger charge is -2.24. The van der Waals surface area contributed by atoms with E-state index in [9.17, 15) is 5.11 Å². The van der Waals surface area contributed by atoms with Gasteiger partial charge in [0.2, 0.25) is 0 Å². The standard InChI is InChI=1S/C14H20BrNO/c1-2-10-7-11(14(17)13(15)8-10)9-12-5-3-4-6-16-12/h7-8,12,16-17H,2-6,9H2,1H3. The van der Waals surface area contributed by atoms with Crippen LogP contribution in [0.2, 0.25) is 0 Å². The van der Waals surface area contributed by atoms with E-state index in [-0.39, 0.29) is 0 Å². The van der Waals surface area contributed by atoms with E-state index in [1.165, 1.54) is 24.8 Å². The van der Waals surface area contributed by atoms with Gasteiger partial charge in [0, 0.05) is 6.04 Å². The van der Waals surface area contributed by atoms with Crippen molar-refractivity contribution in [2.75, 3.05) is 6.54 Å². The summed E-state index contributed by atoms with van der Waals surface area (Å²) in [7, 11) is 0. The quantitative estimate of drug-likeness (QED) is 0.896. The Kier molecular flexibility index (Phi) is 4.46. The normalized spacial score (nSPS) is 20.5. The molecule has 0 radical (unpaired) electrons. The van der Waals surface area contributed by atoms with Crippen LogP contribution in [0.3, 0.4) is 0 Å². The van der Waals surface area contributed by atoms with Gasteiger partial charge in [-0.15, -0.1) is 0 Å². The zero-order valence-electron chi connectivity index (χ0n) is 10.3. The molecule has 1 unspecified atom stereocenters. The fourth-order valence-corrected chi connectivity index (χ4v) is 2.99. The van der Waals surface area contributed by atoms with Crippen molar-refractivity contribution >= 4 is 15.9 Å². The molecule has 1 aromatic carbocycles. The number of halogens is 1. The molecule has 1 aliphatic heterocycles. The maximum absolute atomic E-state index is 10.1. The molecule has 0 spiro atoms. The largest absolute Gasteiger partial charge is 0.506 e. The second kappa shape index (κ2) is 5.87. The monoisotopic (exact) mass is 297 g/mol. The van der Waals surface area contributed by atoms with E-state index >= 15 is 0 Å². The first-order valence-electron chi connectivity index (χ1n) is 6.44. The number of nitrogens with one attached hydrogen (secondary N) is 1. The lowest BCUT2D eigenvalue weighted by Crippen LogP contribution is -2.35. The van der Waals surface area contributed by atoms with E-state index in [0.717, 1.165) is 29.4 Å². The lowest BCUT2D eigenvalue weighted by molar-refractivity contribution is 0.391. The minimum absolute atomic E-state index is 0.412. The lowest BCUT2D eigenvalue weighted by atomic mass is 9.96. The molecule has 1 aliphatic rings. The SMILES string of the molecule is CCc1cc(Br)c(O)c(CC2CCCCN2)c1. The Balaban J connectivity index is 2.15. The number of aromatic hydroxyl groups is 1. The summed E-state index contributed by atoms with van der Waals surface area (Å²) in [6, 6.07) is 4.66. The van der Waals surface area contributed by atoms with Crippen LogP contribution in [0.25, 0.3) is 0 Å². The van der Waals surface area contributed by atoms with Crippen LogP contribution in [-0.2, 0) is 12.8 Å². The molecule has 2 N–H and O–H groups in total. The first-order valence-corrected chi connectivity index (χ1v) is 7.23. The van der Waals surface area contributed by atoms with Crippen LogP contribution in [-0.4, -0.2) is 17.7 Å². The van der Waals surface area contributed by atoms with E-state index in [2.05, 4.69) is 34.2 Å². The number of phenols is 1. The van der Waals surface area contributed by atoms with Crippen LogP contribution in [0.15, 0.2) is 16.6 Å². The van der Waals surface area contributed by atoms with Gasteiger partial charge in [0.15, 0.2) is 0 Å². The van der Waals surface area contributed by atoms with E-state index < -0.39 is 0 Å². The fourth-order valence-electron chi connectivity index (χ4n) is 2.44. The summed E-state index contributed by atoms with van der Waals surface area (Å²) in [6.45, 7) is 3.25. The highest BCUT2D eigenvalue weighted by molar-refractivity contribution is 9.10. The van der Waals surface area contributed by atoms with Gasteiger partial charge in [-0.3, -0.25) is 0 Å². The van der Waals surface area contributed by atoms with Crippen molar-refractivity contribution in [1.29, 1.82) is 0 Å². The van der Waals surface area contributed by atoms with Crippen LogP contribution >= 0.6 is 15.9 Å². The van der Waals surface area contributed by atoms with Gasteiger partial charge in [0.1, 0.15) is 5.75 Å². The summed E-state index contributed by atoms with van der Waals surface area (Å²) in [5.41, 5.74) is 2.34. The molecule has 0 bridgehead atoms. The van der Waals surface area contributed by atoms with Gasteiger partial charge in [0.25, 0.3) is 0 Å². The van der Waals surface area contributed by atoms with Crippen molar-refractivity contribution in [2.45, 2.75) is 45.1 Å². The number of rotatable bonds is 3. The fraction of sp³-hybridized carbons (Fsp3) is 0.571. The van der Waals surface area contributed by atoms with Gasteiger partial charge in [-0.25, -0.2) is 0 Å². The summed E-state index contributed by atoms with van der Waals surface area (Å²) in [4.78, 5) is 0. The summed E-state index contributed by atoms with van der Waals surface area (Å²) >= 11 is 3.43. The second-order valence-electron chi connectivity index (χ2n) is 4.79. The van der Waals surface area contributed by atoms with Crippen LogP contribution < -0.4 is 5.32 Å². The van der Waals surface area contributed by atoms with Gasteiger partial charge in [-0.05, 0) is 65.4 Å². The third-order valence-corrected chi connectivity index (χ3v) is 4.09. The maximum Gasteiger partial charge on any atom is 0.133 e. The zero-order chi connectivity index (χ0) is 12.3. The Morgan fingerprint density at radius 3 is 2.88 bits per heavy atom. The zero-order valence-corrected chi connectivity index (χ0v) is 11.9. The van der Waals surface area contributed by atoms with Crippen molar-refractivity contribution in [3.63, 3.8) is 0 Å². The molecular weight excluding hydrogens is 278 g/mol. The molecule has 0 saturated carbocycles. The molecule has 1 heterocycles. The summed E-state index contributed by atoms with van der Waals surface area (Å²) in [6.07, 6.45) is 5.73. The van der Waals surface area contributed by atoms with Gasteiger partial charge in [-0.2, -0.15) is 0 Å². The predicted octanol–water partition coefficient (Wildman–Crippen LogP) is 3.40. The van der Waals surface area contributed by atoms with Crippen molar-refractivity contribution in [3.05, 3.63) is 27.7 Å². The van der Waals surface area contributed by atoms with Crippen molar-refractivity contribution in [3.8, 4) is 5.75 Å². The molecule has 1 atom stereocenters. The van der Waals surface area contributed by atoms with Crippen LogP contribution in [0.4, 0.5) is 0 Å². The highest BCUT2D eigenvalue weighted by atomic mass is 79.9. The average molecular weight is 298 g/mol. The second-order valence-corrected chi connectivity index (χ2v) is 5.64. The minimum atomic E-state index is 0.412. The number of piperidine rings is 1. The van der Waals surface area contributed by atoms with E-state index in [1.807, 2.05) is 6.07 Å². The maximum atomic E-state index is 10.1. The van der Waals surface area contributed by atoms with Gasteiger partial charge < -0.3 is 10.4 Å². The first kappa shape index (κ1) is 12.9. The molecule has 0 amide bonds. The van der Waals surface area contributed by atoms with Crippen molar-refractivity contribution in [1.82, 2.24) is 5.32 Å². The molecule has 2 nitrogen and oxygen atoms in total. The molecule has 0 aromatic heterocycles.